The van der Waals surface area contributed by atoms with Crippen LogP contribution in [0.5, 0.6) is 0 Å². The number of hydrogen-bond donors (Lipinski definition) is 1. The molecule has 3 aromatic rings. The monoisotopic (exact) mass is 445 g/mol. The maximum atomic E-state index is 13.7. The highest BCUT2D eigenvalue weighted by Gasteiger charge is 2.40. The topological polar surface area (TPSA) is 163 Å². The summed E-state index contributed by atoms with van der Waals surface area (Å²) in [4.78, 5) is 36.9. The molecule has 2 N–H and O–H groups in total. The molecule has 0 unspecified atom stereocenters. The van der Waals surface area contributed by atoms with Gasteiger partial charge in [-0.2, -0.15) is 13.5 Å². The van der Waals surface area contributed by atoms with Crippen LogP contribution >= 0.6 is 0 Å². The van der Waals surface area contributed by atoms with Crippen LogP contribution in [-0.4, -0.2) is 52.3 Å². The third kappa shape index (κ3) is 3.94. The molecule has 3 heterocycles. The van der Waals surface area contributed by atoms with Gasteiger partial charge in [0.15, 0.2) is 10.8 Å². The first-order chi connectivity index (χ1) is 14.6. The number of hydrogen-bond acceptors (Lipinski definition) is 9. The van der Waals surface area contributed by atoms with Crippen molar-refractivity contribution in [2.75, 3.05) is 11.4 Å². The molecule has 0 aliphatic rings. The number of nitrogens with zero attached hydrogens (tertiary/aromatic N) is 6. The molecule has 0 fully saturated rings. The van der Waals surface area contributed by atoms with Crippen molar-refractivity contribution >= 4 is 28.0 Å². The Bertz CT molecular complexity index is 1250. The summed E-state index contributed by atoms with van der Waals surface area (Å²) < 4.78 is 33.3. The van der Waals surface area contributed by atoms with Crippen LogP contribution in [0, 0.1) is 20.8 Å². The normalized spacial score (nSPS) is 11.2. The molecule has 162 valence electrons. The highest BCUT2D eigenvalue weighted by molar-refractivity contribution is 7.93. The van der Waals surface area contributed by atoms with E-state index in [2.05, 4.69) is 20.1 Å². The number of amides is 2. The minimum absolute atomic E-state index is 0.0434. The second-order valence-electron chi connectivity index (χ2n) is 6.42. The SMILES string of the molecule is COC(=O)c1c(C)nn(-c2ccccn2)c1S(=O)(=O)N(C(N)=O)c1nc(C)cc(C)n1. The van der Waals surface area contributed by atoms with Crippen molar-refractivity contribution in [3.8, 4) is 5.82 Å². The van der Waals surface area contributed by atoms with Gasteiger partial charge in [0.05, 0.1) is 12.8 Å². The first-order valence-corrected chi connectivity index (χ1v) is 10.3. The number of carbonyl (C=O) groups is 2. The van der Waals surface area contributed by atoms with E-state index in [-0.39, 0.29) is 21.4 Å². The molecule has 0 radical (unpaired) electrons. The number of nitrogens with two attached hydrogens (primary N) is 1. The van der Waals surface area contributed by atoms with Gasteiger partial charge < -0.3 is 10.5 Å². The average molecular weight is 445 g/mol. The smallest absolute Gasteiger partial charge is 0.342 e. The van der Waals surface area contributed by atoms with E-state index < -0.39 is 33.0 Å². The molecule has 0 aliphatic heterocycles. The quantitative estimate of drug-likeness (QED) is 0.565. The Balaban J connectivity index is 2.37. The van der Waals surface area contributed by atoms with Crippen LogP contribution in [0.2, 0.25) is 0 Å². The van der Waals surface area contributed by atoms with Crippen LogP contribution in [0.4, 0.5) is 10.7 Å². The van der Waals surface area contributed by atoms with Gasteiger partial charge >= 0.3 is 12.0 Å². The predicted octanol–water partition coefficient (Wildman–Crippen LogP) is 1.04. The van der Waals surface area contributed by atoms with E-state index in [4.69, 9.17) is 10.5 Å². The molecule has 0 saturated heterocycles. The molecular formula is C18H19N7O5S. The Morgan fingerprint density at radius 3 is 2.29 bits per heavy atom. The lowest BCUT2D eigenvalue weighted by molar-refractivity contribution is 0.0595. The van der Waals surface area contributed by atoms with E-state index >= 15 is 0 Å². The summed E-state index contributed by atoms with van der Waals surface area (Å²) in [6.45, 7) is 4.63. The third-order valence-electron chi connectivity index (χ3n) is 4.11. The summed E-state index contributed by atoms with van der Waals surface area (Å²) in [5.74, 6) is -1.35. The van der Waals surface area contributed by atoms with Crippen LogP contribution < -0.4 is 10.0 Å². The minimum Gasteiger partial charge on any atom is -0.465 e. The molecule has 31 heavy (non-hydrogen) atoms. The predicted molar refractivity (Wildman–Crippen MR) is 108 cm³/mol. The van der Waals surface area contributed by atoms with Crippen LogP contribution in [0.25, 0.3) is 5.82 Å². The number of ether oxygens (including phenoxy) is 1. The van der Waals surface area contributed by atoms with E-state index in [9.17, 15) is 18.0 Å². The number of pyridine rings is 1. The van der Waals surface area contributed by atoms with Crippen LogP contribution in [0.3, 0.4) is 0 Å². The molecule has 0 spiro atoms. The molecule has 2 amide bonds. The van der Waals surface area contributed by atoms with Crippen molar-refractivity contribution in [1.82, 2.24) is 24.7 Å². The van der Waals surface area contributed by atoms with Gasteiger partial charge in [0, 0.05) is 17.6 Å². The molecule has 13 heteroatoms. The number of aryl methyl sites for hydroxylation is 3. The van der Waals surface area contributed by atoms with Gasteiger partial charge in [0.2, 0.25) is 5.95 Å². The van der Waals surface area contributed by atoms with Crippen molar-refractivity contribution < 1.29 is 22.7 Å². The second-order valence-corrected chi connectivity index (χ2v) is 8.12. The van der Waals surface area contributed by atoms with Crippen molar-refractivity contribution in [3.63, 3.8) is 0 Å². The zero-order valence-electron chi connectivity index (χ0n) is 17.1. The minimum atomic E-state index is -4.84. The first-order valence-electron chi connectivity index (χ1n) is 8.84. The number of primary amides is 1. The summed E-state index contributed by atoms with van der Waals surface area (Å²) in [7, 11) is -3.74. The fourth-order valence-corrected chi connectivity index (χ4v) is 4.47. The highest BCUT2D eigenvalue weighted by Crippen LogP contribution is 2.28. The van der Waals surface area contributed by atoms with E-state index in [1.807, 2.05) is 0 Å². The van der Waals surface area contributed by atoms with Crippen LogP contribution in [-0.2, 0) is 14.8 Å². The Kier molecular flexibility index (Phi) is 5.71. The molecular weight excluding hydrogens is 426 g/mol. The molecule has 0 aliphatic carbocycles. The number of rotatable bonds is 5. The fourth-order valence-electron chi connectivity index (χ4n) is 2.92. The maximum Gasteiger partial charge on any atom is 0.342 e. The maximum absolute atomic E-state index is 13.7. The van der Waals surface area contributed by atoms with Crippen LogP contribution in [0.1, 0.15) is 27.4 Å². The van der Waals surface area contributed by atoms with Gasteiger partial charge in [-0.25, -0.2) is 29.2 Å². The Hall–Kier alpha value is -3.87. The first kappa shape index (κ1) is 21.8. The summed E-state index contributed by atoms with van der Waals surface area (Å²) >= 11 is 0. The van der Waals surface area contributed by atoms with Gasteiger partial charge in [0.1, 0.15) is 5.56 Å². The van der Waals surface area contributed by atoms with E-state index in [1.54, 1.807) is 32.0 Å². The number of urea groups is 1. The molecule has 3 rings (SSSR count). The number of sulfonamides is 1. The lowest BCUT2D eigenvalue weighted by Gasteiger charge is -2.20. The van der Waals surface area contributed by atoms with E-state index in [1.165, 1.54) is 19.2 Å². The molecule has 0 aromatic carbocycles. The fraction of sp³-hybridized carbons (Fsp3) is 0.222. The number of methoxy groups -OCH3 is 1. The Labute approximate surface area is 177 Å². The molecule has 0 atom stereocenters. The summed E-state index contributed by atoms with van der Waals surface area (Å²) in [5, 5.41) is 3.49. The van der Waals surface area contributed by atoms with E-state index in [0.29, 0.717) is 11.4 Å². The Morgan fingerprint density at radius 2 is 1.77 bits per heavy atom. The van der Waals surface area contributed by atoms with Gasteiger partial charge in [-0.1, -0.05) is 6.07 Å². The summed E-state index contributed by atoms with van der Waals surface area (Å²) in [6.07, 6.45) is 1.42. The lowest BCUT2D eigenvalue weighted by atomic mass is 10.3. The number of carbonyl (C=O) groups excluding carboxylic acids is 2. The van der Waals surface area contributed by atoms with Gasteiger partial charge in [0.25, 0.3) is 10.0 Å². The number of aromatic nitrogens is 5. The van der Waals surface area contributed by atoms with Gasteiger partial charge in [-0.3, -0.25) is 0 Å². The molecule has 0 bridgehead atoms. The van der Waals surface area contributed by atoms with Gasteiger partial charge in [-0.05, 0) is 39.0 Å². The third-order valence-corrected chi connectivity index (χ3v) is 5.80. The molecule has 3 aromatic heterocycles. The number of anilines is 1. The van der Waals surface area contributed by atoms with Crippen LogP contribution in [0.15, 0.2) is 35.5 Å². The highest BCUT2D eigenvalue weighted by atomic mass is 32.2. The van der Waals surface area contributed by atoms with Crippen molar-refractivity contribution in [2.24, 2.45) is 5.73 Å². The lowest BCUT2D eigenvalue weighted by Crippen LogP contribution is -2.43. The molecule has 12 nitrogen and oxygen atoms in total. The Morgan fingerprint density at radius 1 is 1.13 bits per heavy atom. The zero-order valence-corrected chi connectivity index (χ0v) is 17.9. The summed E-state index contributed by atoms with van der Waals surface area (Å²) in [6, 6.07) is 4.93. The second kappa shape index (κ2) is 8.10. The zero-order chi connectivity index (χ0) is 22.9. The largest absolute Gasteiger partial charge is 0.465 e. The van der Waals surface area contributed by atoms with Crippen molar-refractivity contribution in [1.29, 1.82) is 0 Å². The van der Waals surface area contributed by atoms with Gasteiger partial charge in [-0.15, -0.1) is 4.31 Å². The average Bonchev–Trinajstić information content (AvgIpc) is 3.05. The standard InChI is InChI=1S/C18H19N7O5S/c1-10-9-11(2)22-18(21-10)25(17(19)27)31(28,29)15-14(16(26)30-4)12(3)23-24(15)13-7-5-6-8-20-13/h5-9H,1-4H3,(H2,19,27). The number of esters is 1. The van der Waals surface area contributed by atoms with Crippen molar-refractivity contribution in [2.45, 2.75) is 25.8 Å². The van der Waals surface area contributed by atoms with E-state index in [0.717, 1.165) is 11.8 Å². The van der Waals surface area contributed by atoms with Crippen molar-refractivity contribution in [3.05, 3.63) is 53.1 Å². The summed E-state index contributed by atoms with van der Waals surface area (Å²) in [5.41, 5.74) is 5.90. The molecule has 0 saturated carbocycles.